The van der Waals surface area contributed by atoms with Crippen molar-refractivity contribution in [3.05, 3.63) is 28.7 Å². The fraction of sp³-hybridized carbons (Fsp3) is 0.533. The van der Waals surface area contributed by atoms with E-state index in [0.29, 0.717) is 12.2 Å². The monoisotopic (exact) mass is 357 g/mol. The Kier molecular flexibility index (Phi) is 6.39. The molecule has 1 N–H and O–H groups in total. The van der Waals surface area contributed by atoms with Crippen LogP contribution in [0.5, 0.6) is 0 Å². The summed E-state index contributed by atoms with van der Waals surface area (Å²) in [7, 11) is 0. The maximum Gasteiger partial charge on any atom is 0.233 e. The molecule has 1 aliphatic heterocycles. The third kappa shape index (κ3) is 4.50. The third-order valence-corrected chi connectivity index (χ3v) is 5.11. The van der Waals surface area contributed by atoms with E-state index in [-0.39, 0.29) is 18.6 Å². The van der Waals surface area contributed by atoms with E-state index < -0.39 is 0 Å². The number of piperidine rings is 1. The van der Waals surface area contributed by atoms with Crippen molar-refractivity contribution in [1.29, 1.82) is 0 Å². The van der Waals surface area contributed by atoms with Gasteiger partial charge in [0.25, 0.3) is 0 Å². The molecule has 1 aliphatic rings. The van der Waals surface area contributed by atoms with E-state index in [1.807, 2.05) is 29.2 Å². The van der Waals surface area contributed by atoms with Crippen LogP contribution >= 0.6 is 27.7 Å². The van der Waals surface area contributed by atoms with Gasteiger partial charge in [-0.1, -0.05) is 15.9 Å². The first-order chi connectivity index (χ1) is 9.70. The molecule has 1 aromatic carbocycles. The molecular weight excluding hydrogens is 338 g/mol. The molecule has 5 heteroatoms. The Morgan fingerprint density at radius 3 is 2.80 bits per heavy atom. The fourth-order valence-electron chi connectivity index (χ4n) is 2.54. The number of aliphatic hydroxyl groups is 1. The van der Waals surface area contributed by atoms with Gasteiger partial charge in [0.15, 0.2) is 0 Å². The predicted octanol–water partition coefficient (Wildman–Crippen LogP) is 3.30. The van der Waals surface area contributed by atoms with Crippen molar-refractivity contribution >= 4 is 33.6 Å². The van der Waals surface area contributed by atoms with Gasteiger partial charge in [-0.3, -0.25) is 4.79 Å². The van der Waals surface area contributed by atoms with E-state index >= 15 is 0 Å². The number of hydrogen-bond donors (Lipinski definition) is 1. The Labute approximate surface area is 132 Å². The summed E-state index contributed by atoms with van der Waals surface area (Å²) in [5, 5.41) is 9.10. The number of nitrogens with zero attached hydrogens (tertiary/aromatic N) is 1. The summed E-state index contributed by atoms with van der Waals surface area (Å²) < 4.78 is 1.05. The highest BCUT2D eigenvalue weighted by molar-refractivity contribution is 9.10. The van der Waals surface area contributed by atoms with Gasteiger partial charge in [-0.2, -0.15) is 0 Å². The smallest absolute Gasteiger partial charge is 0.233 e. The Morgan fingerprint density at radius 1 is 1.35 bits per heavy atom. The van der Waals surface area contributed by atoms with Crippen molar-refractivity contribution in [3.63, 3.8) is 0 Å². The second-order valence-electron chi connectivity index (χ2n) is 4.99. The minimum Gasteiger partial charge on any atom is -0.396 e. The number of carbonyl (C=O) groups excluding carboxylic acids is 1. The van der Waals surface area contributed by atoms with E-state index in [0.717, 1.165) is 35.2 Å². The molecule has 2 rings (SSSR count). The Hall–Kier alpha value is -0.520. The molecule has 1 heterocycles. The van der Waals surface area contributed by atoms with Crippen molar-refractivity contribution in [2.45, 2.75) is 36.6 Å². The molecule has 1 atom stereocenters. The summed E-state index contributed by atoms with van der Waals surface area (Å²) in [5.74, 6) is 0.667. The summed E-state index contributed by atoms with van der Waals surface area (Å²) in [6.45, 7) is 0.999. The van der Waals surface area contributed by atoms with Gasteiger partial charge in [0.05, 0.1) is 5.75 Å². The van der Waals surface area contributed by atoms with E-state index in [1.54, 1.807) is 11.8 Å². The van der Waals surface area contributed by atoms with Crippen LogP contribution < -0.4 is 0 Å². The van der Waals surface area contributed by atoms with Gasteiger partial charge in [-0.25, -0.2) is 0 Å². The summed E-state index contributed by atoms with van der Waals surface area (Å²) >= 11 is 4.98. The standard InChI is InChI=1S/C15H20BrNO2S/c16-12-4-6-14(7-5-12)20-11-15(19)17-9-2-1-3-13(17)8-10-18/h4-7,13,18H,1-3,8-11H2. The molecule has 1 aromatic rings. The lowest BCUT2D eigenvalue weighted by atomic mass is 10.00. The molecule has 110 valence electrons. The molecular formula is C15H20BrNO2S. The van der Waals surface area contributed by atoms with E-state index in [1.165, 1.54) is 0 Å². The molecule has 0 radical (unpaired) electrons. The molecule has 0 spiro atoms. The van der Waals surface area contributed by atoms with Crippen LogP contribution in [0.3, 0.4) is 0 Å². The van der Waals surface area contributed by atoms with Crippen LogP contribution in [0.25, 0.3) is 0 Å². The quantitative estimate of drug-likeness (QED) is 0.821. The van der Waals surface area contributed by atoms with Crippen LogP contribution in [-0.2, 0) is 4.79 Å². The van der Waals surface area contributed by atoms with Gasteiger partial charge in [0, 0.05) is 28.6 Å². The van der Waals surface area contributed by atoms with E-state index in [9.17, 15) is 4.79 Å². The largest absolute Gasteiger partial charge is 0.396 e. The Bertz CT molecular complexity index is 436. The first-order valence-corrected chi connectivity index (χ1v) is 8.77. The van der Waals surface area contributed by atoms with Gasteiger partial charge < -0.3 is 10.0 Å². The minimum absolute atomic E-state index is 0.161. The summed E-state index contributed by atoms with van der Waals surface area (Å²) in [6.07, 6.45) is 3.97. The van der Waals surface area contributed by atoms with Crippen LogP contribution in [0, 0.1) is 0 Å². The predicted molar refractivity (Wildman–Crippen MR) is 85.9 cm³/mol. The van der Waals surface area contributed by atoms with Crippen molar-refractivity contribution in [3.8, 4) is 0 Å². The first-order valence-electron chi connectivity index (χ1n) is 6.99. The van der Waals surface area contributed by atoms with Crippen LogP contribution in [-0.4, -0.2) is 40.9 Å². The van der Waals surface area contributed by atoms with Crippen LogP contribution in [0.1, 0.15) is 25.7 Å². The van der Waals surface area contributed by atoms with Gasteiger partial charge >= 0.3 is 0 Å². The maximum absolute atomic E-state index is 12.3. The zero-order chi connectivity index (χ0) is 14.4. The van der Waals surface area contributed by atoms with Crippen molar-refractivity contribution in [2.75, 3.05) is 18.9 Å². The molecule has 1 fully saturated rings. The number of halogens is 1. The molecule has 0 aliphatic carbocycles. The lowest BCUT2D eigenvalue weighted by Crippen LogP contribution is -2.45. The van der Waals surface area contributed by atoms with Crippen LogP contribution in [0.2, 0.25) is 0 Å². The number of aliphatic hydroxyl groups excluding tert-OH is 1. The second kappa shape index (κ2) is 8.05. The van der Waals surface area contributed by atoms with Crippen molar-refractivity contribution in [2.24, 2.45) is 0 Å². The molecule has 1 saturated heterocycles. The molecule has 0 aromatic heterocycles. The van der Waals surface area contributed by atoms with Crippen molar-refractivity contribution < 1.29 is 9.90 Å². The highest BCUT2D eigenvalue weighted by atomic mass is 79.9. The first kappa shape index (κ1) is 15.9. The SMILES string of the molecule is O=C(CSc1ccc(Br)cc1)N1CCCCC1CCO. The summed E-state index contributed by atoms with van der Waals surface area (Å²) in [4.78, 5) is 15.4. The van der Waals surface area contributed by atoms with E-state index in [4.69, 9.17) is 5.11 Å². The Balaban J connectivity index is 1.88. The number of thioether (sulfide) groups is 1. The number of hydrogen-bond acceptors (Lipinski definition) is 3. The number of rotatable bonds is 5. The summed E-state index contributed by atoms with van der Waals surface area (Å²) in [6, 6.07) is 8.24. The average molecular weight is 358 g/mol. The maximum atomic E-state index is 12.3. The normalized spacial score (nSPS) is 19.1. The second-order valence-corrected chi connectivity index (χ2v) is 6.96. The molecule has 0 bridgehead atoms. The number of benzene rings is 1. The zero-order valence-electron chi connectivity index (χ0n) is 11.4. The lowest BCUT2D eigenvalue weighted by Gasteiger charge is -2.35. The zero-order valence-corrected chi connectivity index (χ0v) is 13.8. The topological polar surface area (TPSA) is 40.5 Å². The van der Waals surface area contributed by atoms with Gasteiger partial charge in [0.1, 0.15) is 0 Å². The van der Waals surface area contributed by atoms with Crippen molar-refractivity contribution in [1.82, 2.24) is 4.90 Å². The summed E-state index contributed by atoms with van der Waals surface area (Å²) in [5.41, 5.74) is 0. The molecule has 3 nitrogen and oxygen atoms in total. The van der Waals surface area contributed by atoms with Crippen LogP contribution in [0.15, 0.2) is 33.6 Å². The third-order valence-electron chi connectivity index (χ3n) is 3.59. The molecule has 0 saturated carbocycles. The highest BCUT2D eigenvalue weighted by Crippen LogP contribution is 2.24. The van der Waals surface area contributed by atoms with Gasteiger partial charge in [-0.15, -0.1) is 11.8 Å². The lowest BCUT2D eigenvalue weighted by molar-refractivity contribution is -0.132. The number of amides is 1. The highest BCUT2D eigenvalue weighted by Gasteiger charge is 2.25. The van der Waals surface area contributed by atoms with Gasteiger partial charge in [0.2, 0.25) is 5.91 Å². The Morgan fingerprint density at radius 2 is 2.10 bits per heavy atom. The van der Waals surface area contributed by atoms with E-state index in [2.05, 4.69) is 15.9 Å². The number of carbonyl (C=O) groups is 1. The molecule has 1 unspecified atom stereocenters. The minimum atomic E-state index is 0.161. The molecule has 1 amide bonds. The molecule has 20 heavy (non-hydrogen) atoms. The van der Waals surface area contributed by atoms with Crippen LogP contribution in [0.4, 0.5) is 0 Å². The van der Waals surface area contributed by atoms with Gasteiger partial charge in [-0.05, 0) is 49.9 Å². The average Bonchev–Trinajstić information content (AvgIpc) is 2.47. The number of likely N-dealkylation sites (tertiary alicyclic amines) is 1. The fourth-order valence-corrected chi connectivity index (χ4v) is 3.59.